The van der Waals surface area contributed by atoms with Gasteiger partial charge < -0.3 is 20.6 Å². The molecule has 0 aliphatic rings. The van der Waals surface area contributed by atoms with Crippen molar-refractivity contribution < 1.29 is 14.7 Å². The number of rotatable bonds is 8. The van der Waals surface area contributed by atoms with Crippen LogP contribution in [0.3, 0.4) is 0 Å². The Morgan fingerprint density at radius 2 is 2.12 bits per heavy atom. The zero-order chi connectivity index (χ0) is 13.3. The second-order valence-corrected chi connectivity index (χ2v) is 4.63. The zero-order valence-electron chi connectivity index (χ0n) is 10.5. The standard InChI is InChI=1S/C10H21N3O3S/c1-11-5-6-13(2)10(16)12-8(9(14)15)4-7-17-3/h8,11H,4-7H2,1-3H3,(H,12,16)(H,14,15)/t8-/m0/s1. The Bertz CT molecular complexity index is 251. The van der Waals surface area contributed by atoms with Gasteiger partial charge in [0.2, 0.25) is 0 Å². The summed E-state index contributed by atoms with van der Waals surface area (Å²) in [6.07, 6.45) is 2.34. The number of carboxylic acid groups (broad SMARTS) is 1. The number of hydrogen-bond donors (Lipinski definition) is 3. The molecule has 0 bridgehead atoms. The summed E-state index contributed by atoms with van der Waals surface area (Å²) >= 11 is 1.56. The van der Waals surface area contributed by atoms with Gasteiger partial charge in [-0.05, 0) is 25.5 Å². The van der Waals surface area contributed by atoms with Crippen LogP contribution in [0.1, 0.15) is 6.42 Å². The van der Waals surface area contributed by atoms with Gasteiger partial charge in [0.05, 0.1) is 0 Å². The lowest BCUT2D eigenvalue weighted by atomic mass is 10.2. The highest BCUT2D eigenvalue weighted by molar-refractivity contribution is 7.98. The van der Waals surface area contributed by atoms with E-state index in [1.54, 1.807) is 25.9 Å². The summed E-state index contributed by atoms with van der Waals surface area (Å²) in [6.45, 7) is 1.21. The van der Waals surface area contributed by atoms with E-state index in [-0.39, 0.29) is 6.03 Å². The van der Waals surface area contributed by atoms with Crippen molar-refractivity contribution in [3.8, 4) is 0 Å². The number of nitrogens with one attached hydrogen (secondary N) is 2. The third-order valence-corrected chi connectivity index (χ3v) is 2.89. The molecule has 0 aliphatic heterocycles. The summed E-state index contributed by atoms with van der Waals surface area (Å²) in [7, 11) is 3.43. The maximum Gasteiger partial charge on any atom is 0.326 e. The molecule has 0 saturated heterocycles. The lowest BCUT2D eigenvalue weighted by molar-refractivity contribution is -0.139. The van der Waals surface area contributed by atoms with Crippen molar-refractivity contribution in [2.75, 3.05) is 39.2 Å². The maximum absolute atomic E-state index is 11.6. The Hall–Kier alpha value is -0.950. The smallest absolute Gasteiger partial charge is 0.326 e. The van der Waals surface area contributed by atoms with Gasteiger partial charge in [0, 0.05) is 20.1 Å². The molecule has 3 N–H and O–H groups in total. The molecule has 17 heavy (non-hydrogen) atoms. The Labute approximate surface area is 106 Å². The summed E-state index contributed by atoms with van der Waals surface area (Å²) in [5.41, 5.74) is 0. The number of carbonyl (C=O) groups excluding carboxylic acids is 1. The van der Waals surface area contributed by atoms with Crippen LogP contribution in [0.4, 0.5) is 4.79 Å². The van der Waals surface area contributed by atoms with E-state index in [0.717, 1.165) is 0 Å². The fourth-order valence-corrected chi connectivity index (χ4v) is 1.60. The molecule has 0 fully saturated rings. The van der Waals surface area contributed by atoms with E-state index in [9.17, 15) is 9.59 Å². The number of aliphatic carboxylic acids is 1. The molecular formula is C10H21N3O3S. The summed E-state index contributed by atoms with van der Waals surface area (Å²) in [5, 5.41) is 14.4. The SMILES string of the molecule is CNCCN(C)C(=O)N[C@@H](CCSC)C(=O)O. The van der Waals surface area contributed by atoms with Crippen LogP contribution in [-0.4, -0.2) is 67.2 Å². The van der Waals surface area contributed by atoms with Crippen molar-refractivity contribution in [2.45, 2.75) is 12.5 Å². The monoisotopic (exact) mass is 263 g/mol. The van der Waals surface area contributed by atoms with Gasteiger partial charge in [-0.2, -0.15) is 11.8 Å². The normalized spacial score (nSPS) is 11.9. The van der Waals surface area contributed by atoms with E-state index in [0.29, 0.717) is 25.3 Å². The first kappa shape index (κ1) is 16.1. The van der Waals surface area contributed by atoms with Gasteiger partial charge in [-0.1, -0.05) is 0 Å². The average molecular weight is 263 g/mol. The first-order valence-corrected chi connectivity index (χ1v) is 6.80. The van der Waals surface area contributed by atoms with Crippen molar-refractivity contribution in [2.24, 2.45) is 0 Å². The van der Waals surface area contributed by atoms with Crippen molar-refractivity contribution in [3.05, 3.63) is 0 Å². The quantitative estimate of drug-likeness (QED) is 0.576. The predicted octanol–water partition coefficient (Wildman–Crippen LogP) is 0.0535. The number of carbonyl (C=O) groups is 2. The molecule has 6 nitrogen and oxygen atoms in total. The molecule has 0 radical (unpaired) electrons. The molecule has 100 valence electrons. The molecular weight excluding hydrogens is 242 g/mol. The van der Waals surface area contributed by atoms with Crippen molar-refractivity contribution >= 4 is 23.8 Å². The molecule has 0 heterocycles. The number of nitrogens with zero attached hydrogens (tertiary/aromatic N) is 1. The topological polar surface area (TPSA) is 81.7 Å². The van der Waals surface area contributed by atoms with Gasteiger partial charge in [0.25, 0.3) is 0 Å². The van der Waals surface area contributed by atoms with Gasteiger partial charge >= 0.3 is 12.0 Å². The molecule has 1 atom stereocenters. The van der Waals surface area contributed by atoms with E-state index in [4.69, 9.17) is 5.11 Å². The minimum absolute atomic E-state index is 0.353. The second-order valence-electron chi connectivity index (χ2n) is 3.65. The molecule has 2 amide bonds. The van der Waals surface area contributed by atoms with E-state index < -0.39 is 12.0 Å². The van der Waals surface area contributed by atoms with Gasteiger partial charge in [-0.25, -0.2) is 9.59 Å². The van der Waals surface area contributed by atoms with Crippen LogP contribution in [0.5, 0.6) is 0 Å². The van der Waals surface area contributed by atoms with Crippen LogP contribution >= 0.6 is 11.8 Å². The molecule has 0 rings (SSSR count). The molecule has 0 saturated carbocycles. The minimum Gasteiger partial charge on any atom is -0.480 e. The lowest BCUT2D eigenvalue weighted by Crippen LogP contribution is -2.48. The van der Waals surface area contributed by atoms with Crippen LogP contribution in [0, 0.1) is 0 Å². The second kappa shape index (κ2) is 9.12. The molecule has 0 aromatic rings. The van der Waals surface area contributed by atoms with Crippen LogP contribution in [0.2, 0.25) is 0 Å². The molecule has 0 unspecified atom stereocenters. The van der Waals surface area contributed by atoms with Crippen molar-refractivity contribution in [1.82, 2.24) is 15.5 Å². The number of amides is 2. The third kappa shape index (κ3) is 7.06. The van der Waals surface area contributed by atoms with Crippen molar-refractivity contribution in [1.29, 1.82) is 0 Å². The maximum atomic E-state index is 11.6. The molecule has 0 aliphatic carbocycles. The number of urea groups is 1. The van der Waals surface area contributed by atoms with Crippen molar-refractivity contribution in [3.63, 3.8) is 0 Å². The molecule has 0 spiro atoms. The highest BCUT2D eigenvalue weighted by Crippen LogP contribution is 2.01. The summed E-state index contributed by atoms with van der Waals surface area (Å²) in [6, 6.07) is -1.17. The van der Waals surface area contributed by atoms with Crippen LogP contribution in [0.15, 0.2) is 0 Å². The summed E-state index contributed by atoms with van der Waals surface area (Å²) in [4.78, 5) is 24.0. The van der Waals surface area contributed by atoms with E-state index in [1.807, 2.05) is 6.26 Å². The number of hydrogen-bond acceptors (Lipinski definition) is 4. The highest BCUT2D eigenvalue weighted by atomic mass is 32.2. The fraction of sp³-hybridized carbons (Fsp3) is 0.800. The van der Waals surface area contributed by atoms with E-state index in [2.05, 4.69) is 10.6 Å². The van der Waals surface area contributed by atoms with Crippen LogP contribution < -0.4 is 10.6 Å². The van der Waals surface area contributed by atoms with Gasteiger partial charge in [0.15, 0.2) is 0 Å². The average Bonchev–Trinajstić information content (AvgIpc) is 2.30. The molecule has 7 heteroatoms. The lowest BCUT2D eigenvalue weighted by Gasteiger charge is -2.21. The number of thioether (sulfide) groups is 1. The Kier molecular flexibility index (Phi) is 8.61. The zero-order valence-corrected chi connectivity index (χ0v) is 11.3. The largest absolute Gasteiger partial charge is 0.480 e. The molecule has 0 aromatic carbocycles. The van der Waals surface area contributed by atoms with Crippen LogP contribution in [-0.2, 0) is 4.79 Å². The predicted molar refractivity (Wildman–Crippen MR) is 69.5 cm³/mol. The summed E-state index contributed by atoms with van der Waals surface area (Å²) in [5.74, 6) is -0.285. The number of likely N-dealkylation sites (N-methyl/N-ethyl adjacent to an activating group) is 2. The first-order chi connectivity index (χ1) is 8.02. The van der Waals surface area contributed by atoms with Gasteiger partial charge in [0.1, 0.15) is 6.04 Å². The Balaban J connectivity index is 4.15. The van der Waals surface area contributed by atoms with E-state index >= 15 is 0 Å². The van der Waals surface area contributed by atoms with Crippen LogP contribution in [0.25, 0.3) is 0 Å². The first-order valence-electron chi connectivity index (χ1n) is 5.40. The Morgan fingerprint density at radius 1 is 1.47 bits per heavy atom. The number of carboxylic acids is 1. The van der Waals surface area contributed by atoms with E-state index in [1.165, 1.54) is 4.90 Å². The molecule has 0 aromatic heterocycles. The van der Waals surface area contributed by atoms with Gasteiger partial charge in [-0.3, -0.25) is 0 Å². The Morgan fingerprint density at radius 3 is 2.59 bits per heavy atom. The highest BCUT2D eigenvalue weighted by Gasteiger charge is 2.20. The van der Waals surface area contributed by atoms with Gasteiger partial charge in [-0.15, -0.1) is 0 Å². The third-order valence-electron chi connectivity index (χ3n) is 2.25. The summed E-state index contributed by atoms with van der Waals surface area (Å²) < 4.78 is 0. The minimum atomic E-state index is -0.991. The fourth-order valence-electron chi connectivity index (χ4n) is 1.13.